The van der Waals surface area contributed by atoms with Crippen LogP contribution in [0.4, 0.5) is 0 Å². The number of ether oxygens (including phenoxy) is 4. The van der Waals surface area contributed by atoms with Crippen molar-refractivity contribution in [3.8, 4) is 23.0 Å². The van der Waals surface area contributed by atoms with Gasteiger partial charge in [-0.15, -0.1) is 0 Å². The van der Waals surface area contributed by atoms with E-state index in [9.17, 15) is 4.79 Å². The summed E-state index contributed by atoms with van der Waals surface area (Å²) in [5.41, 5.74) is 0.232. The molecule has 0 aliphatic carbocycles. The maximum atomic E-state index is 12.3. The molecule has 0 heterocycles. The maximum Gasteiger partial charge on any atom is 0.347 e. The summed E-state index contributed by atoms with van der Waals surface area (Å²) in [6.45, 7) is 0. The highest BCUT2D eigenvalue weighted by atomic mass is 35.5. The van der Waals surface area contributed by atoms with Gasteiger partial charge in [0.25, 0.3) is 0 Å². The van der Waals surface area contributed by atoms with Crippen LogP contribution in [0.3, 0.4) is 0 Å². The Morgan fingerprint density at radius 3 is 1.95 bits per heavy atom. The Kier molecular flexibility index (Phi) is 5.12. The van der Waals surface area contributed by atoms with E-state index in [-0.39, 0.29) is 5.56 Å². The van der Waals surface area contributed by atoms with E-state index in [0.717, 1.165) is 0 Å². The number of benzene rings is 2. The SMILES string of the molecule is COc1cc(OC)c(C(=O)Oc2ccc(Cl)cc2)cc1OC. The fourth-order valence-corrected chi connectivity index (χ4v) is 1.98. The van der Waals surface area contributed by atoms with Crippen LogP contribution in [-0.2, 0) is 0 Å². The first kappa shape index (κ1) is 16.0. The summed E-state index contributed by atoms with van der Waals surface area (Å²) in [5, 5.41) is 0.559. The van der Waals surface area contributed by atoms with E-state index in [2.05, 4.69) is 0 Å². The number of methoxy groups -OCH3 is 3. The first-order chi connectivity index (χ1) is 10.6. The van der Waals surface area contributed by atoms with Crippen molar-refractivity contribution in [2.45, 2.75) is 0 Å². The summed E-state index contributed by atoms with van der Waals surface area (Å²) in [6, 6.07) is 9.56. The fraction of sp³-hybridized carbons (Fsp3) is 0.188. The molecule has 0 N–H and O–H groups in total. The second-order valence-electron chi connectivity index (χ2n) is 4.25. The minimum absolute atomic E-state index is 0.232. The number of hydrogen-bond acceptors (Lipinski definition) is 5. The molecule has 0 saturated carbocycles. The Hall–Kier alpha value is -2.40. The van der Waals surface area contributed by atoms with Crippen LogP contribution in [-0.4, -0.2) is 27.3 Å². The number of esters is 1. The Morgan fingerprint density at radius 1 is 0.864 bits per heavy atom. The number of rotatable bonds is 5. The highest BCUT2D eigenvalue weighted by Crippen LogP contribution is 2.35. The highest BCUT2D eigenvalue weighted by Gasteiger charge is 2.19. The van der Waals surface area contributed by atoms with Gasteiger partial charge in [-0.3, -0.25) is 0 Å². The lowest BCUT2D eigenvalue weighted by molar-refractivity contribution is 0.0730. The molecular formula is C16H15ClO5. The molecule has 0 saturated heterocycles. The minimum Gasteiger partial charge on any atom is -0.496 e. The lowest BCUT2D eigenvalue weighted by atomic mass is 10.1. The smallest absolute Gasteiger partial charge is 0.347 e. The van der Waals surface area contributed by atoms with Crippen molar-refractivity contribution in [3.63, 3.8) is 0 Å². The van der Waals surface area contributed by atoms with E-state index in [1.54, 1.807) is 30.3 Å². The van der Waals surface area contributed by atoms with Crippen LogP contribution in [0.15, 0.2) is 36.4 Å². The molecule has 0 aliphatic rings. The second kappa shape index (κ2) is 7.04. The highest BCUT2D eigenvalue weighted by molar-refractivity contribution is 6.30. The van der Waals surface area contributed by atoms with Crippen molar-refractivity contribution in [3.05, 3.63) is 47.0 Å². The lowest BCUT2D eigenvalue weighted by Crippen LogP contribution is -2.11. The molecule has 22 heavy (non-hydrogen) atoms. The number of carbonyl (C=O) groups is 1. The van der Waals surface area contributed by atoms with Crippen molar-refractivity contribution in [2.75, 3.05) is 21.3 Å². The molecule has 0 aliphatic heterocycles. The van der Waals surface area contributed by atoms with Gasteiger partial charge in [0, 0.05) is 17.2 Å². The molecule has 0 fully saturated rings. The van der Waals surface area contributed by atoms with E-state index < -0.39 is 5.97 Å². The average Bonchev–Trinajstić information content (AvgIpc) is 2.55. The molecule has 0 bridgehead atoms. The van der Waals surface area contributed by atoms with Gasteiger partial charge < -0.3 is 18.9 Å². The first-order valence-corrected chi connectivity index (χ1v) is 6.74. The van der Waals surface area contributed by atoms with E-state index in [1.807, 2.05) is 0 Å². The molecule has 0 unspecified atom stereocenters. The Balaban J connectivity index is 2.33. The van der Waals surface area contributed by atoms with Crippen LogP contribution in [0.2, 0.25) is 5.02 Å². The molecule has 0 aromatic heterocycles. The number of hydrogen-bond donors (Lipinski definition) is 0. The molecule has 0 radical (unpaired) electrons. The predicted molar refractivity (Wildman–Crippen MR) is 82.5 cm³/mol. The summed E-state index contributed by atoms with van der Waals surface area (Å²) in [4.78, 5) is 12.3. The van der Waals surface area contributed by atoms with Crippen LogP contribution in [0, 0.1) is 0 Å². The average molecular weight is 323 g/mol. The summed E-state index contributed by atoms with van der Waals surface area (Å²) < 4.78 is 20.9. The quantitative estimate of drug-likeness (QED) is 0.622. The topological polar surface area (TPSA) is 54.0 Å². The molecule has 0 atom stereocenters. The monoisotopic (exact) mass is 322 g/mol. The first-order valence-electron chi connectivity index (χ1n) is 6.36. The number of halogens is 1. The van der Waals surface area contributed by atoms with E-state index >= 15 is 0 Å². The Bertz CT molecular complexity index is 667. The summed E-state index contributed by atoms with van der Waals surface area (Å²) in [6.07, 6.45) is 0. The van der Waals surface area contributed by atoms with Gasteiger partial charge in [-0.1, -0.05) is 11.6 Å². The van der Waals surface area contributed by atoms with Gasteiger partial charge in [0.2, 0.25) is 0 Å². The standard InChI is InChI=1S/C16H15ClO5/c1-19-13-9-15(21-3)14(20-2)8-12(13)16(18)22-11-6-4-10(17)5-7-11/h4-9H,1-3H3. The largest absolute Gasteiger partial charge is 0.496 e. The summed E-state index contributed by atoms with van der Waals surface area (Å²) >= 11 is 5.79. The zero-order chi connectivity index (χ0) is 16.1. The van der Waals surface area contributed by atoms with Crippen molar-refractivity contribution >= 4 is 17.6 Å². The van der Waals surface area contributed by atoms with Crippen LogP contribution in [0.5, 0.6) is 23.0 Å². The summed E-state index contributed by atoms with van der Waals surface area (Å²) in [7, 11) is 4.45. The molecule has 2 aromatic carbocycles. The molecular weight excluding hydrogens is 308 g/mol. The number of carbonyl (C=O) groups excluding carboxylic acids is 1. The molecule has 0 amide bonds. The van der Waals surface area contributed by atoms with Crippen molar-refractivity contribution in [1.29, 1.82) is 0 Å². The van der Waals surface area contributed by atoms with Gasteiger partial charge in [-0.25, -0.2) is 4.79 Å². The van der Waals surface area contributed by atoms with Crippen LogP contribution < -0.4 is 18.9 Å². The van der Waals surface area contributed by atoms with Crippen LogP contribution in [0.1, 0.15) is 10.4 Å². The minimum atomic E-state index is -0.569. The molecule has 6 heteroatoms. The van der Waals surface area contributed by atoms with Crippen LogP contribution >= 0.6 is 11.6 Å². The Morgan fingerprint density at radius 2 is 1.41 bits per heavy atom. The summed E-state index contributed by atoms with van der Waals surface area (Å²) in [5.74, 6) is 1.01. The fourth-order valence-electron chi connectivity index (χ4n) is 1.85. The van der Waals surface area contributed by atoms with Gasteiger partial charge in [-0.2, -0.15) is 0 Å². The molecule has 0 spiro atoms. The van der Waals surface area contributed by atoms with Gasteiger partial charge in [0.05, 0.1) is 21.3 Å². The van der Waals surface area contributed by atoms with Crippen molar-refractivity contribution < 1.29 is 23.7 Å². The van der Waals surface area contributed by atoms with Gasteiger partial charge in [0.15, 0.2) is 11.5 Å². The molecule has 5 nitrogen and oxygen atoms in total. The van der Waals surface area contributed by atoms with Gasteiger partial charge in [-0.05, 0) is 24.3 Å². The second-order valence-corrected chi connectivity index (χ2v) is 4.69. The van der Waals surface area contributed by atoms with Gasteiger partial charge >= 0.3 is 5.97 Å². The normalized spacial score (nSPS) is 10.0. The third kappa shape index (κ3) is 3.43. The van der Waals surface area contributed by atoms with Gasteiger partial charge in [0.1, 0.15) is 17.1 Å². The van der Waals surface area contributed by atoms with E-state index in [0.29, 0.717) is 28.0 Å². The lowest BCUT2D eigenvalue weighted by Gasteiger charge is -2.13. The van der Waals surface area contributed by atoms with Crippen molar-refractivity contribution in [2.24, 2.45) is 0 Å². The van der Waals surface area contributed by atoms with Crippen LogP contribution in [0.25, 0.3) is 0 Å². The maximum absolute atomic E-state index is 12.3. The third-order valence-corrected chi connectivity index (χ3v) is 3.20. The zero-order valence-corrected chi connectivity index (χ0v) is 13.1. The predicted octanol–water partition coefficient (Wildman–Crippen LogP) is 3.59. The van der Waals surface area contributed by atoms with Crippen molar-refractivity contribution in [1.82, 2.24) is 0 Å². The molecule has 116 valence electrons. The molecule has 2 rings (SSSR count). The molecule has 2 aromatic rings. The Labute approximate surface area is 133 Å². The van der Waals surface area contributed by atoms with E-state index in [1.165, 1.54) is 27.4 Å². The zero-order valence-electron chi connectivity index (χ0n) is 12.4. The van der Waals surface area contributed by atoms with E-state index in [4.69, 9.17) is 30.5 Å². The third-order valence-electron chi connectivity index (χ3n) is 2.95.